The van der Waals surface area contributed by atoms with E-state index in [4.69, 9.17) is 0 Å². The Labute approximate surface area is 78.5 Å². The predicted octanol–water partition coefficient (Wildman–Crippen LogP) is -0.523. The van der Waals surface area contributed by atoms with Gasteiger partial charge in [0.2, 0.25) is 0 Å². The second kappa shape index (κ2) is 6.56. The van der Waals surface area contributed by atoms with Gasteiger partial charge in [0.15, 0.2) is 0 Å². The summed E-state index contributed by atoms with van der Waals surface area (Å²) in [5.74, 6) is 0. The Hall–Kier alpha value is -0.940. The van der Waals surface area contributed by atoms with E-state index in [1.165, 1.54) is 0 Å². The van der Waals surface area contributed by atoms with Crippen molar-refractivity contribution < 1.29 is 0 Å². The van der Waals surface area contributed by atoms with E-state index in [1.807, 2.05) is 4.68 Å². The summed E-state index contributed by atoms with van der Waals surface area (Å²) in [6.07, 6.45) is 3.28. The summed E-state index contributed by atoms with van der Waals surface area (Å²) in [4.78, 5) is 3.86. The highest BCUT2D eigenvalue weighted by Gasteiger charge is 1.90. The molecule has 0 spiro atoms. The van der Waals surface area contributed by atoms with Crippen LogP contribution < -0.4 is 10.6 Å². The molecule has 0 saturated carbocycles. The van der Waals surface area contributed by atoms with Crippen LogP contribution in [0.5, 0.6) is 0 Å². The highest BCUT2D eigenvalue weighted by molar-refractivity contribution is 4.57. The lowest BCUT2D eigenvalue weighted by molar-refractivity contribution is 0.543. The molecular formula is C8H17N5. The number of nitrogens with one attached hydrogen (secondary N) is 2. The molecule has 0 aliphatic rings. The third kappa shape index (κ3) is 4.59. The summed E-state index contributed by atoms with van der Waals surface area (Å²) in [6, 6.07) is 0. The number of hydrogen-bond acceptors (Lipinski definition) is 4. The molecule has 5 heteroatoms. The van der Waals surface area contributed by atoms with Crippen LogP contribution in [0.4, 0.5) is 0 Å². The van der Waals surface area contributed by atoms with E-state index in [0.717, 1.165) is 32.7 Å². The van der Waals surface area contributed by atoms with Gasteiger partial charge in [-0.05, 0) is 6.54 Å². The quantitative estimate of drug-likeness (QED) is 0.558. The van der Waals surface area contributed by atoms with E-state index in [-0.39, 0.29) is 0 Å². The van der Waals surface area contributed by atoms with Crippen molar-refractivity contribution in [2.75, 3.05) is 26.2 Å². The first kappa shape index (κ1) is 10.1. The highest BCUT2D eigenvalue weighted by atomic mass is 15.3. The standard InChI is InChI=1S/C8H17N5/c1-2-9-3-4-10-5-6-13-8-11-7-12-13/h7-10H,2-6H2,1H3. The molecule has 0 unspecified atom stereocenters. The molecule has 1 heterocycles. The van der Waals surface area contributed by atoms with Gasteiger partial charge in [0.25, 0.3) is 0 Å². The maximum Gasteiger partial charge on any atom is 0.137 e. The van der Waals surface area contributed by atoms with Crippen LogP contribution in [0.15, 0.2) is 12.7 Å². The number of nitrogens with zero attached hydrogens (tertiary/aromatic N) is 3. The van der Waals surface area contributed by atoms with Gasteiger partial charge in [-0.25, -0.2) is 4.98 Å². The average molecular weight is 183 g/mol. The SMILES string of the molecule is CCNCCNCCn1cncn1. The first-order valence-corrected chi connectivity index (χ1v) is 4.67. The summed E-state index contributed by atoms with van der Waals surface area (Å²) in [6.45, 7) is 6.98. The van der Waals surface area contributed by atoms with Gasteiger partial charge < -0.3 is 10.6 Å². The van der Waals surface area contributed by atoms with Crippen molar-refractivity contribution in [3.8, 4) is 0 Å². The molecule has 1 aromatic rings. The third-order valence-electron chi connectivity index (χ3n) is 1.71. The average Bonchev–Trinajstić information content (AvgIpc) is 2.63. The highest BCUT2D eigenvalue weighted by Crippen LogP contribution is 1.77. The third-order valence-corrected chi connectivity index (χ3v) is 1.71. The van der Waals surface area contributed by atoms with Crippen LogP contribution in [-0.2, 0) is 6.54 Å². The summed E-state index contributed by atoms with van der Waals surface area (Å²) >= 11 is 0. The molecule has 0 atom stereocenters. The van der Waals surface area contributed by atoms with E-state index >= 15 is 0 Å². The van der Waals surface area contributed by atoms with Gasteiger partial charge in [0, 0.05) is 19.6 Å². The summed E-state index contributed by atoms with van der Waals surface area (Å²) in [7, 11) is 0. The predicted molar refractivity (Wildman–Crippen MR) is 51.4 cm³/mol. The number of rotatable bonds is 7. The molecule has 1 aromatic heterocycles. The Kier molecular flexibility index (Phi) is 5.12. The van der Waals surface area contributed by atoms with E-state index in [0.29, 0.717) is 0 Å². The topological polar surface area (TPSA) is 54.8 Å². The van der Waals surface area contributed by atoms with Crippen molar-refractivity contribution in [2.24, 2.45) is 0 Å². The lowest BCUT2D eigenvalue weighted by atomic mass is 10.5. The van der Waals surface area contributed by atoms with Crippen LogP contribution in [0.2, 0.25) is 0 Å². The fourth-order valence-electron chi connectivity index (χ4n) is 1.02. The first-order chi connectivity index (χ1) is 6.43. The van der Waals surface area contributed by atoms with Gasteiger partial charge in [-0.2, -0.15) is 5.10 Å². The second-order valence-electron chi connectivity index (χ2n) is 2.76. The molecule has 2 N–H and O–H groups in total. The molecule has 0 radical (unpaired) electrons. The number of hydrogen-bond donors (Lipinski definition) is 2. The molecule has 1 rings (SSSR count). The van der Waals surface area contributed by atoms with Crippen LogP contribution in [0, 0.1) is 0 Å². The Bertz CT molecular complexity index is 196. The van der Waals surface area contributed by atoms with Gasteiger partial charge in [0.05, 0.1) is 6.54 Å². The first-order valence-electron chi connectivity index (χ1n) is 4.67. The fraction of sp³-hybridized carbons (Fsp3) is 0.750. The van der Waals surface area contributed by atoms with Gasteiger partial charge in [-0.15, -0.1) is 0 Å². The number of likely N-dealkylation sites (N-methyl/N-ethyl adjacent to an activating group) is 1. The van der Waals surface area contributed by atoms with Crippen LogP contribution in [-0.4, -0.2) is 40.9 Å². The molecule has 13 heavy (non-hydrogen) atoms. The molecule has 0 aliphatic carbocycles. The van der Waals surface area contributed by atoms with Gasteiger partial charge in [-0.1, -0.05) is 6.92 Å². The smallest absolute Gasteiger partial charge is 0.137 e. The van der Waals surface area contributed by atoms with Crippen LogP contribution >= 0.6 is 0 Å². The minimum absolute atomic E-state index is 0.881. The Balaban J connectivity index is 1.90. The van der Waals surface area contributed by atoms with Crippen molar-refractivity contribution in [3.63, 3.8) is 0 Å². The molecule has 5 nitrogen and oxygen atoms in total. The molecule has 0 saturated heterocycles. The molecule has 0 aromatic carbocycles. The zero-order chi connectivity index (χ0) is 9.36. The van der Waals surface area contributed by atoms with Crippen molar-refractivity contribution in [3.05, 3.63) is 12.7 Å². The summed E-state index contributed by atoms with van der Waals surface area (Å²) < 4.78 is 1.82. The van der Waals surface area contributed by atoms with E-state index < -0.39 is 0 Å². The maximum absolute atomic E-state index is 4.00. The molecule has 0 fully saturated rings. The molecule has 0 amide bonds. The molecule has 0 bridgehead atoms. The largest absolute Gasteiger partial charge is 0.316 e. The monoisotopic (exact) mass is 183 g/mol. The maximum atomic E-state index is 4.00. The lowest BCUT2D eigenvalue weighted by Gasteiger charge is -2.04. The minimum atomic E-state index is 0.881. The van der Waals surface area contributed by atoms with Crippen LogP contribution in [0.3, 0.4) is 0 Å². The van der Waals surface area contributed by atoms with E-state index in [1.54, 1.807) is 12.7 Å². The molecule has 0 aliphatic heterocycles. The molecule has 74 valence electrons. The summed E-state index contributed by atoms with van der Waals surface area (Å²) in [5, 5.41) is 10.6. The second-order valence-corrected chi connectivity index (χ2v) is 2.76. The zero-order valence-corrected chi connectivity index (χ0v) is 8.03. The minimum Gasteiger partial charge on any atom is -0.316 e. The van der Waals surface area contributed by atoms with E-state index in [2.05, 4.69) is 27.6 Å². The zero-order valence-electron chi connectivity index (χ0n) is 8.03. The number of aromatic nitrogens is 3. The summed E-state index contributed by atoms with van der Waals surface area (Å²) in [5.41, 5.74) is 0. The Morgan fingerprint density at radius 2 is 2.08 bits per heavy atom. The van der Waals surface area contributed by atoms with Crippen LogP contribution in [0.25, 0.3) is 0 Å². The van der Waals surface area contributed by atoms with Gasteiger partial charge in [0.1, 0.15) is 12.7 Å². The van der Waals surface area contributed by atoms with Gasteiger partial charge >= 0.3 is 0 Å². The normalized spacial score (nSPS) is 10.5. The Morgan fingerprint density at radius 3 is 2.77 bits per heavy atom. The molecular weight excluding hydrogens is 166 g/mol. The van der Waals surface area contributed by atoms with E-state index in [9.17, 15) is 0 Å². The Morgan fingerprint density at radius 1 is 1.23 bits per heavy atom. The fourth-order valence-corrected chi connectivity index (χ4v) is 1.02. The van der Waals surface area contributed by atoms with Crippen molar-refractivity contribution >= 4 is 0 Å². The van der Waals surface area contributed by atoms with Crippen molar-refractivity contribution in [1.82, 2.24) is 25.4 Å². The van der Waals surface area contributed by atoms with Crippen molar-refractivity contribution in [2.45, 2.75) is 13.5 Å². The van der Waals surface area contributed by atoms with Crippen molar-refractivity contribution in [1.29, 1.82) is 0 Å². The lowest BCUT2D eigenvalue weighted by Crippen LogP contribution is -2.29. The van der Waals surface area contributed by atoms with Crippen LogP contribution in [0.1, 0.15) is 6.92 Å². The van der Waals surface area contributed by atoms with Gasteiger partial charge in [-0.3, -0.25) is 4.68 Å².